The zero-order valence-corrected chi connectivity index (χ0v) is 23.7. The number of aromatic nitrogens is 2. The lowest BCUT2D eigenvalue weighted by Crippen LogP contribution is -2.40. The molecule has 2 aromatic carbocycles. The molecular formula is C33H29FN4O5. The molecule has 2 aromatic heterocycles. The van der Waals surface area contributed by atoms with Crippen LogP contribution in [-0.4, -0.2) is 39.5 Å². The Morgan fingerprint density at radius 1 is 1.26 bits per heavy atom. The van der Waals surface area contributed by atoms with Gasteiger partial charge in [0.1, 0.15) is 52.2 Å². The highest BCUT2D eigenvalue weighted by Gasteiger charge is 2.45. The van der Waals surface area contributed by atoms with Gasteiger partial charge in [-0.15, -0.1) is 0 Å². The number of nitrogens with two attached hydrogens (primary N) is 1. The van der Waals surface area contributed by atoms with Crippen molar-refractivity contribution in [1.29, 1.82) is 5.26 Å². The Morgan fingerprint density at radius 3 is 2.77 bits per heavy atom. The van der Waals surface area contributed by atoms with Crippen molar-refractivity contribution in [2.45, 2.75) is 56.7 Å². The van der Waals surface area contributed by atoms with Gasteiger partial charge in [0, 0.05) is 34.7 Å². The van der Waals surface area contributed by atoms with Crippen LogP contribution in [0.2, 0.25) is 0 Å². The third-order valence-electron chi connectivity index (χ3n) is 8.18. The van der Waals surface area contributed by atoms with Crippen LogP contribution in [0.1, 0.15) is 66.7 Å². The molecule has 1 aliphatic heterocycles. The Bertz CT molecular complexity index is 1850. The SMILES string of the molecule is C[C@@](O)(CCC(=O)c1cc(OC2CC2)c2ncccc2c1)c1cc2c(c(-c3ccc(F)c(C#N)c3)n1)OC[C@]2(C)C(N)=O. The molecule has 1 amide bonds. The summed E-state index contributed by atoms with van der Waals surface area (Å²) >= 11 is 0. The summed E-state index contributed by atoms with van der Waals surface area (Å²) in [6.07, 6.45) is 3.70. The van der Waals surface area contributed by atoms with Crippen LogP contribution >= 0.6 is 0 Å². The number of amides is 1. The first-order chi connectivity index (χ1) is 20.5. The molecule has 0 saturated heterocycles. The van der Waals surface area contributed by atoms with E-state index in [2.05, 4.69) is 9.97 Å². The number of rotatable bonds is 9. The minimum Gasteiger partial charge on any atom is -0.489 e. The Hall–Kier alpha value is -4.88. The number of ether oxygens (including phenoxy) is 2. The quantitative estimate of drug-likeness (QED) is 0.267. The van der Waals surface area contributed by atoms with Gasteiger partial charge in [-0.05, 0) is 75.6 Å². The molecule has 43 heavy (non-hydrogen) atoms. The van der Waals surface area contributed by atoms with Gasteiger partial charge >= 0.3 is 0 Å². The van der Waals surface area contributed by atoms with Gasteiger partial charge in [-0.2, -0.15) is 5.26 Å². The first-order valence-corrected chi connectivity index (χ1v) is 14.0. The molecular weight excluding hydrogens is 551 g/mol. The van der Waals surface area contributed by atoms with E-state index in [0.29, 0.717) is 28.0 Å². The lowest BCUT2D eigenvalue weighted by molar-refractivity contribution is -0.123. The predicted octanol–water partition coefficient (Wildman–Crippen LogP) is 4.85. The van der Waals surface area contributed by atoms with Gasteiger partial charge < -0.3 is 20.3 Å². The van der Waals surface area contributed by atoms with Crippen molar-refractivity contribution in [1.82, 2.24) is 9.97 Å². The first-order valence-electron chi connectivity index (χ1n) is 14.0. The van der Waals surface area contributed by atoms with E-state index in [1.165, 1.54) is 19.1 Å². The maximum atomic E-state index is 14.1. The lowest BCUT2D eigenvalue weighted by Gasteiger charge is -2.26. The van der Waals surface area contributed by atoms with Crippen molar-refractivity contribution in [2.24, 2.45) is 5.73 Å². The van der Waals surface area contributed by atoms with E-state index >= 15 is 0 Å². The summed E-state index contributed by atoms with van der Waals surface area (Å²) in [5.74, 6) is -0.697. The van der Waals surface area contributed by atoms with Crippen molar-refractivity contribution < 1.29 is 28.6 Å². The highest BCUT2D eigenvalue weighted by atomic mass is 19.1. The number of Topliss-reactive ketones (excluding diaryl/α,β-unsaturated/α-hetero) is 1. The van der Waals surface area contributed by atoms with Crippen LogP contribution in [0.5, 0.6) is 11.5 Å². The second-order valence-corrected chi connectivity index (χ2v) is 11.6. The third kappa shape index (κ3) is 5.17. The zero-order valence-electron chi connectivity index (χ0n) is 23.7. The molecule has 1 aliphatic carbocycles. The van der Waals surface area contributed by atoms with Crippen molar-refractivity contribution in [2.75, 3.05) is 6.61 Å². The molecule has 6 rings (SSSR count). The van der Waals surface area contributed by atoms with E-state index in [1.54, 1.807) is 37.4 Å². The number of carbonyl (C=O) groups is 2. The molecule has 0 bridgehead atoms. The average molecular weight is 581 g/mol. The van der Waals surface area contributed by atoms with Crippen LogP contribution < -0.4 is 15.2 Å². The molecule has 0 unspecified atom stereocenters. The van der Waals surface area contributed by atoms with Crippen LogP contribution in [0.3, 0.4) is 0 Å². The number of fused-ring (bicyclic) bond motifs is 2. The van der Waals surface area contributed by atoms with Crippen molar-refractivity contribution in [3.8, 4) is 28.8 Å². The van der Waals surface area contributed by atoms with Crippen LogP contribution in [-0.2, 0) is 15.8 Å². The summed E-state index contributed by atoms with van der Waals surface area (Å²) in [5, 5.41) is 21.8. The monoisotopic (exact) mass is 580 g/mol. The number of benzene rings is 2. The Labute approximate surface area is 247 Å². The largest absolute Gasteiger partial charge is 0.489 e. The van der Waals surface area contributed by atoms with Gasteiger partial charge in [0.05, 0.1) is 17.4 Å². The number of nitrogens with zero attached hydrogens (tertiary/aromatic N) is 3. The fraction of sp³-hybridized carbons (Fsp3) is 0.303. The van der Waals surface area contributed by atoms with Crippen molar-refractivity contribution >= 4 is 22.6 Å². The van der Waals surface area contributed by atoms with Crippen LogP contribution in [0.15, 0.2) is 54.7 Å². The molecule has 218 valence electrons. The number of primary amides is 1. The van der Waals surface area contributed by atoms with E-state index in [-0.39, 0.29) is 54.0 Å². The van der Waals surface area contributed by atoms with Crippen molar-refractivity contribution in [3.63, 3.8) is 0 Å². The molecule has 9 nitrogen and oxygen atoms in total. The zero-order chi connectivity index (χ0) is 30.5. The Morgan fingerprint density at radius 2 is 2.05 bits per heavy atom. The fourth-order valence-corrected chi connectivity index (χ4v) is 5.22. The number of carbonyl (C=O) groups excluding carboxylic acids is 2. The molecule has 10 heteroatoms. The highest BCUT2D eigenvalue weighted by Crippen LogP contribution is 2.46. The number of aliphatic hydroxyl groups is 1. The summed E-state index contributed by atoms with van der Waals surface area (Å²) < 4.78 is 26.0. The first kappa shape index (κ1) is 28.2. The number of nitriles is 1. The van der Waals surface area contributed by atoms with Crippen LogP contribution in [0, 0.1) is 17.1 Å². The summed E-state index contributed by atoms with van der Waals surface area (Å²) in [6, 6.07) is 14.4. The van der Waals surface area contributed by atoms with Gasteiger partial charge in [0.15, 0.2) is 5.78 Å². The van der Waals surface area contributed by atoms with E-state index in [4.69, 9.17) is 15.2 Å². The van der Waals surface area contributed by atoms with Crippen LogP contribution in [0.25, 0.3) is 22.2 Å². The number of halogens is 1. The van der Waals surface area contributed by atoms with E-state index in [1.807, 2.05) is 12.1 Å². The maximum Gasteiger partial charge on any atom is 0.231 e. The summed E-state index contributed by atoms with van der Waals surface area (Å²) in [7, 11) is 0. The van der Waals surface area contributed by atoms with Gasteiger partial charge in [-0.1, -0.05) is 6.07 Å². The maximum absolute atomic E-state index is 14.1. The topological polar surface area (TPSA) is 148 Å². The number of ketones is 1. The molecule has 4 aromatic rings. The van der Waals surface area contributed by atoms with Gasteiger partial charge in [0.25, 0.3) is 0 Å². The molecule has 1 fully saturated rings. The van der Waals surface area contributed by atoms with Gasteiger partial charge in [0.2, 0.25) is 5.91 Å². The highest BCUT2D eigenvalue weighted by molar-refractivity contribution is 6.01. The number of pyridine rings is 2. The minimum absolute atomic E-state index is 0.00194. The lowest BCUT2D eigenvalue weighted by atomic mass is 9.81. The molecule has 2 atom stereocenters. The second kappa shape index (κ2) is 10.4. The fourth-order valence-electron chi connectivity index (χ4n) is 5.22. The van der Waals surface area contributed by atoms with Crippen LogP contribution in [0.4, 0.5) is 4.39 Å². The minimum atomic E-state index is -1.62. The molecule has 3 N–H and O–H groups in total. The van der Waals surface area contributed by atoms with Crippen molar-refractivity contribution in [3.05, 3.63) is 82.9 Å². The normalized spacial score (nSPS) is 18.8. The summed E-state index contributed by atoms with van der Waals surface area (Å²) in [6.45, 7) is 3.12. The Kier molecular flexibility index (Phi) is 6.86. The Balaban J connectivity index is 1.34. The molecule has 3 heterocycles. The second-order valence-electron chi connectivity index (χ2n) is 11.6. The smallest absolute Gasteiger partial charge is 0.231 e. The summed E-state index contributed by atoms with van der Waals surface area (Å²) in [5.41, 5.74) is 5.04. The average Bonchev–Trinajstić information content (AvgIpc) is 3.75. The number of hydrogen-bond acceptors (Lipinski definition) is 8. The van der Waals surface area contributed by atoms with E-state index in [9.17, 15) is 24.3 Å². The van der Waals surface area contributed by atoms with E-state index in [0.717, 1.165) is 24.3 Å². The van der Waals surface area contributed by atoms with Gasteiger partial charge in [-0.3, -0.25) is 14.6 Å². The summed E-state index contributed by atoms with van der Waals surface area (Å²) in [4.78, 5) is 35.0. The number of hydrogen-bond donors (Lipinski definition) is 2. The van der Waals surface area contributed by atoms with Gasteiger partial charge in [-0.25, -0.2) is 9.37 Å². The predicted molar refractivity (Wildman–Crippen MR) is 155 cm³/mol. The van der Waals surface area contributed by atoms with E-state index < -0.39 is 22.7 Å². The molecule has 0 spiro atoms. The molecule has 0 radical (unpaired) electrons. The molecule has 1 saturated carbocycles. The standard InChI is InChI=1S/C33H29FN4O5/c1-32(31(36)40)17-42-30-23(32)15-27(38-29(30)19-5-8-24(34)21(13-19)16-35)33(2,41)10-9-25(39)20-12-18-4-3-11-37-28(18)26(14-20)43-22-6-7-22/h3-5,8,11-15,22,41H,6-7,9-10,17H2,1-2H3,(H2,36,40)/t32-,33+/m0/s1. The molecule has 2 aliphatic rings. The third-order valence-corrected chi connectivity index (χ3v) is 8.18.